The Hall–Kier alpha value is -1.55. The van der Waals surface area contributed by atoms with E-state index in [2.05, 4.69) is 33.2 Å². The number of carbonyl (C=O) groups excluding carboxylic acids is 1. The number of unbranched alkanes of at least 4 members (excludes halogenated alkanes) is 1. The Morgan fingerprint density at radius 1 is 1.42 bits per heavy atom. The van der Waals surface area contributed by atoms with Crippen LogP contribution in [0.2, 0.25) is 0 Å². The molecule has 0 atom stereocenters. The summed E-state index contributed by atoms with van der Waals surface area (Å²) in [6.07, 6.45) is 3.35. The maximum absolute atomic E-state index is 11.7. The number of nitrogens with zero attached hydrogens (tertiary/aromatic N) is 1. The van der Waals surface area contributed by atoms with Crippen LogP contribution in [-0.2, 0) is 4.79 Å². The lowest BCUT2D eigenvalue weighted by molar-refractivity contribution is -0.117. The number of rotatable bonds is 6. The van der Waals surface area contributed by atoms with E-state index in [9.17, 15) is 4.79 Å². The number of nitriles is 1. The largest absolute Gasteiger partial charge is 0.360 e. The van der Waals surface area contributed by atoms with Crippen molar-refractivity contribution in [1.29, 1.82) is 5.26 Å². The summed E-state index contributed by atoms with van der Waals surface area (Å²) < 4.78 is 1.13. The van der Waals surface area contributed by atoms with E-state index in [0.717, 1.165) is 22.1 Å². The Morgan fingerprint density at radius 3 is 2.68 bits per heavy atom. The molecule has 1 amide bonds. The van der Waals surface area contributed by atoms with Crippen molar-refractivity contribution in [2.45, 2.75) is 19.8 Å². The van der Waals surface area contributed by atoms with E-state index in [1.807, 2.05) is 37.3 Å². The van der Waals surface area contributed by atoms with E-state index in [0.29, 0.717) is 6.54 Å². The maximum Gasteiger partial charge on any atom is 0.263 e. The van der Waals surface area contributed by atoms with Crippen molar-refractivity contribution in [3.05, 3.63) is 39.6 Å². The Kier molecular flexibility index (Phi) is 6.97. The monoisotopic (exact) mass is 369 g/mol. The van der Waals surface area contributed by atoms with Crippen LogP contribution in [0.1, 0.15) is 19.8 Å². The van der Waals surface area contributed by atoms with Gasteiger partial charge in [0, 0.05) is 22.0 Å². The fourth-order valence-electron chi connectivity index (χ4n) is 1.32. The molecule has 1 rings (SSSR count). The number of hydrogen-bond acceptors (Lipinski definition) is 3. The first-order valence-electron chi connectivity index (χ1n) is 6.08. The van der Waals surface area contributed by atoms with Crippen LogP contribution in [0.25, 0.3) is 0 Å². The second-order valence-corrected chi connectivity index (χ2v) is 5.18. The van der Waals surface area contributed by atoms with Crippen LogP contribution in [0.5, 0.6) is 0 Å². The highest BCUT2D eigenvalue weighted by atomic mass is 127. The van der Waals surface area contributed by atoms with Gasteiger partial charge in [-0.3, -0.25) is 4.79 Å². The molecule has 0 bridgehead atoms. The Labute approximate surface area is 127 Å². The summed E-state index contributed by atoms with van der Waals surface area (Å²) in [5, 5.41) is 14.6. The van der Waals surface area contributed by atoms with Gasteiger partial charge in [-0.2, -0.15) is 5.26 Å². The number of nitrogens with one attached hydrogen (secondary N) is 2. The van der Waals surface area contributed by atoms with Crippen LogP contribution in [0.3, 0.4) is 0 Å². The molecular formula is C14H16IN3O. The third-order valence-electron chi connectivity index (χ3n) is 2.41. The molecule has 0 saturated carbocycles. The molecule has 1 aromatic rings. The van der Waals surface area contributed by atoms with E-state index < -0.39 is 0 Å². The molecule has 0 spiro atoms. The van der Waals surface area contributed by atoms with Gasteiger partial charge in [0.25, 0.3) is 5.91 Å². The van der Waals surface area contributed by atoms with E-state index in [-0.39, 0.29) is 11.5 Å². The van der Waals surface area contributed by atoms with E-state index in [1.54, 1.807) is 0 Å². The zero-order valence-electron chi connectivity index (χ0n) is 10.7. The molecule has 4 nitrogen and oxygen atoms in total. The molecule has 19 heavy (non-hydrogen) atoms. The van der Waals surface area contributed by atoms with Crippen LogP contribution in [0.4, 0.5) is 5.69 Å². The Morgan fingerprint density at radius 2 is 2.11 bits per heavy atom. The van der Waals surface area contributed by atoms with Crippen molar-refractivity contribution in [3.8, 4) is 6.07 Å². The highest BCUT2D eigenvalue weighted by Gasteiger charge is 2.07. The number of anilines is 1. The average Bonchev–Trinajstić information content (AvgIpc) is 2.42. The molecule has 0 aliphatic carbocycles. The predicted octanol–water partition coefficient (Wildman–Crippen LogP) is 3.03. The molecule has 2 N–H and O–H groups in total. The van der Waals surface area contributed by atoms with Crippen LogP contribution < -0.4 is 10.6 Å². The summed E-state index contributed by atoms with van der Waals surface area (Å²) in [6.45, 7) is 2.64. The van der Waals surface area contributed by atoms with Gasteiger partial charge >= 0.3 is 0 Å². The van der Waals surface area contributed by atoms with Gasteiger partial charge < -0.3 is 10.6 Å². The van der Waals surface area contributed by atoms with Crippen molar-refractivity contribution in [2.24, 2.45) is 0 Å². The maximum atomic E-state index is 11.7. The smallest absolute Gasteiger partial charge is 0.263 e. The fourth-order valence-corrected chi connectivity index (χ4v) is 1.68. The summed E-state index contributed by atoms with van der Waals surface area (Å²) in [5.74, 6) is -0.339. The summed E-state index contributed by atoms with van der Waals surface area (Å²) in [6, 6.07) is 9.57. The van der Waals surface area contributed by atoms with Gasteiger partial charge in [0.2, 0.25) is 0 Å². The fraction of sp³-hybridized carbons (Fsp3) is 0.286. The minimum atomic E-state index is -0.339. The molecule has 1 aromatic carbocycles. The van der Waals surface area contributed by atoms with Gasteiger partial charge in [-0.05, 0) is 53.3 Å². The number of halogens is 1. The summed E-state index contributed by atoms with van der Waals surface area (Å²) in [7, 11) is 0. The van der Waals surface area contributed by atoms with Gasteiger partial charge in [-0.25, -0.2) is 0 Å². The van der Waals surface area contributed by atoms with Crippen molar-refractivity contribution >= 4 is 34.2 Å². The predicted molar refractivity (Wildman–Crippen MR) is 84.4 cm³/mol. The summed E-state index contributed by atoms with van der Waals surface area (Å²) in [4.78, 5) is 11.7. The Balaban J connectivity index is 2.59. The summed E-state index contributed by atoms with van der Waals surface area (Å²) >= 11 is 2.22. The first kappa shape index (κ1) is 15.5. The molecule has 100 valence electrons. The number of hydrogen-bond donors (Lipinski definition) is 2. The molecule has 0 heterocycles. The van der Waals surface area contributed by atoms with Crippen LogP contribution in [0, 0.1) is 14.9 Å². The van der Waals surface area contributed by atoms with E-state index in [1.165, 1.54) is 6.20 Å². The lowest BCUT2D eigenvalue weighted by Gasteiger charge is -2.04. The van der Waals surface area contributed by atoms with Gasteiger partial charge in [0.1, 0.15) is 11.6 Å². The topological polar surface area (TPSA) is 64.9 Å². The lowest BCUT2D eigenvalue weighted by Crippen LogP contribution is -2.25. The molecule has 0 radical (unpaired) electrons. The second-order valence-electron chi connectivity index (χ2n) is 3.93. The van der Waals surface area contributed by atoms with Crippen LogP contribution >= 0.6 is 22.6 Å². The standard InChI is InChI=1S/C14H16IN3O/c1-2-3-8-17-14(19)11(9-16)10-18-13-6-4-12(15)5-7-13/h4-7,10,18H,2-3,8H2,1H3,(H,17,19)/b11-10-. The normalized spacial score (nSPS) is 10.7. The van der Waals surface area contributed by atoms with Gasteiger partial charge in [-0.15, -0.1) is 0 Å². The van der Waals surface area contributed by atoms with Gasteiger partial charge in [0.15, 0.2) is 0 Å². The van der Waals surface area contributed by atoms with Crippen molar-refractivity contribution in [1.82, 2.24) is 5.32 Å². The second kappa shape index (κ2) is 8.53. The Bertz CT molecular complexity index is 488. The highest BCUT2D eigenvalue weighted by molar-refractivity contribution is 14.1. The minimum absolute atomic E-state index is 0.0784. The molecule has 0 fully saturated rings. The highest BCUT2D eigenvalue weighted by Crippen LogP contribution is 2.11. The molecular weight excluding hydrogens is 353 g/mol. The first-order chi connectivity index (χ1) is 9.17. The SMILES string of the molecule is CCCCNC(=O)/C(C#N)=C\Nc1ccc(I)cc1. The van der Waals surface area contributed by atoms with Gasteiger partial charge in [0.05, 0.1) is 0 Å². The summed E-state index contributed by atoms with van der Waals surface area (Å²) in [5.41, 5.74) is 0.921. The zero-order valence-corrected chi connectivity index (χ0v) is 12.9. The number of benzene rings is 1. The van der Waals surface area contributed by atoms with Crippen LogP contribution in [-0.4, -0.2) is 12.5 Å². The van der Waals surface area contributed by atoms with Gasteiger partial charge in [-0.1, -0.05) is 13.3 Å². The third kappa shape index (κ3) is 5.75. The number of amides is 1. The molecule has 0 aliphatic rings. The third-order valence-corrected chi connectivity index (χ3v) is 3.13. The van der Waals surface area contributed by atoms with Crippen molar-refractivity contribution in [3.63, 3.8) is 0 Å². The molecule has 5 heteroatoms. The molecule has 0 aromatic heterocycles. The lowest BCUT2D eigenvalue weighted by atomic mass is 10.2. The molecule has 0 unspecified atom stereocenters. The number of carbonyl (C=O) groups is 1. The quantitative estimate of drug-likeness (QED) is 0.351. The van der Waals surface area contributed by atoms with Crippen molar-refractivity contribution in [2.75, 3.05) is 11.9 Å². The molecule has 0 saturated heterocycles. The van der Waals surface area contributed by atoms with Crippen molar-refractivity contribution < 1.29 is 4.79 Å². The zero-order chi connectivity index (χ0) is 14.1. The van der Waals surface area contributed by atoms with Crippen LogP contribution in [0.15, 0.2) is 36.0 Å². The molecule has 0 aliphatic heterocycles. The van der Waals surface area contributed by atoms with E-state index >= 15 is 0 Å². The van der Waals surface area contributed by atoms with E-state index in [4.69, 9.17) is 5.26 Å². The first-order valence-corrected chi connectivity index (χ1v) is 7.15. The average molecular weight is 369 g/mol. The minimum Gasteiger partial charge on any atom is -0.360 e.